The van der Waals surface area contributed by atoms with E-state index in [1.165, 1.54) is 45.2 Å². The van der Waals surface area contributed by atoms with E-state index >= 15 is 0 Å². The number of ether oxygens (including phenoxy) is 1. The number of hydrogen-bond donors (Lipinski definition) is 1. The average molecular weight is 197 g/mol. The lowest BCUT2D eigenvalue weighted by molar-refractivity contribution is 0.0688. The van der Waals surface area contributed by atoms with Gasteiger partial charge in [-0.15, -0.1) is 0 Å². The molecule has 0 aromatic heterocycles. The summed E-state index contributed by atoms with van der Waals surface area (Å²) in [5, 5.41) is 3.54. The number of rotatable bonds is 1. The Balaban J connectivity index is 2.07. The van der Waals surface area contributed by atoms with Gasteiger partial charge in [-0.3, -0.25) is 0 Å². The fraction of sp³-hybridized carbons (Fsp3) is 1.00. The maximum Gasteiger partial charge on any atom is 0.0471 e. The molecule has 2 rings (SSSR count). The van der Waals surface area contributed by atoms with Gasteiger partial charge in [0.05, 0.1) is 0 Å². The molecule has 2 atom stereocenters. The summed E-state index contributed by atoms with van der Waals surface area (Å²) >= 11 is 0. The van der Waals surface area contributed by atoms with Crippen molar-refractivity contribution in [2.75, 3.05) is 26.3 Å². The van der Waals surface area contributed by atoms with E-state index in [1.807, 2.05) is 0 Å². The summed E-state index contributed by atoms with van der Waals surface area (Å²) in [7, 11) is 0. The lowest BCUT2D eigenvalue weighted by Crippen LogP contribution is -2.45. The van der Waals surface area contributed by atoms with Crippen LogP contribution in [0, 0.1) is 11.3 Å². The van der Waals surface area contributed by atoms with E-state index in [1.54, 1.807) is 0 Å². The SMILES string of the molecule is CCC1CNCCC12CCCOCC2. The van der Waals surface area contributed by atoms with E-state index in [0.29, 0.717) is 5.41 Å². The van der Waals surface area contributed by atoms with Crippen molar-refractivity contribution in [3.63, 3.8) is 0 Å². The smallest absolute Gasteiger partial charge is 0.0471 e. The molecule has 2 heteroatoms. The molecule has 0 aromatic carbocycles. The van der Waals surface area contributed by atoms with E-state index in [-0.39, 0.29) is 0 Å². The molecule has 2 nitrogen and oxygen atoms in total. The van der Waals surface area contributed by atoms with Gasteiger partial charge in [0.15, 0.2) is 0 Å². The second kappa shape index (κ2) is 4.63. The van der Waals surface area contributed by atoms with E-state index in [4.69, 9.17) is 4.74 Å². The minimum absolute atomic E-state index is 0.622. The van der Waals surface area contributed by atoms with Crippen LogP contribution in [-0.4, -0.2) is 26.3 Å². The van der Waals surface area contributed by atoms with Crippen molar-refractivity contribution in [2.24, 2.45) is 11.3 Å². The fourth-order valence-electron chi connectivity index (χ4n) is 3.30. The van der Waals surface area contributed by atoms with Gasteiger partial charge in [0.1, 0.15) is 0 Å². The fourth-order valence-corrected chi connectivity index (χ4v) is 3.30. The number of hydrogen-bond acceptors (Lipinski definition) is 2. The predicted octanol–water partition coefficient (Wildman–Crippen LogP) is 2.19. The molecular formula is C12H23NO. The summed E-state index contributed by atoms with van der Waals surface area (Å²) < 4.78 is 5.59. The summed E-state index contributed by atoms with van der Waals surface area (Å²) in [5.74, 6) is 0.887. The summed E-state index contributed by atoms with van der Waals surface area (Å²) in [6.45, 7) is 6.78. The van der Waals surface area contributed by atoms with Gasteiger partial charge in [-0.05, 0) is 50.1 Å². The third kappa shape index (κ3) is 1.96. The first-order valence-corrected chi connectivity index (χ1v) is 6.16. The van der Waals surface area contributed by atoms with Crippen LogP contribution in [-0.2, 0) is 4.74 Å². The highest BCUT2D eigenvalue weighted by molar-refractivity contribution is 4.91. The lowest BCUT2D eigenvalue weighted by Gasteiger charge is -2.44. The molecule has 82 valence electrons. The highest BCUT2D eigenvalue weighted by atomic mass is 16.5. The third-order valence-electron chi connectivity index (χ3n) is 4.26. The van der Waals surface area contributed by atoms with Gasteiger partial charge in [-0.1, -0.05) is 13.3 Å². The first-order chi connectivity index (χ1) is 6.87. The van der Waals surface area contributed by atoms with E-state index in [2.05, 4.69) is 12.2 Å². The van der Waals surface area contributed by atoms with E-state index < -0.39 is 0 Å². The average Bonchev–Trinajstić information content (AvgIpc) is 2.45. The van der Waals surface area contributed by atoms with Crippen LogP contribution in [0.5, 0.6) is 0 Å². The molecular weight excluding hydrogens is 174 g/mol. The lowest BCUT2D eigenvalue weighted by atomic mass is 9.65. The van der Waals surface area contributed by atoms with Crippen LogP contribution in [0.25, 0.3) is 0 Å². The summed E-state index contributed by atoms with van der Waals surface area (Å²) in [4.78, 5) is 0. The maximum absolute atomic E-state index is 5.59. The molecule has 14 heavy (non-hydrogen) atoms. The monoisotopic (exact) mass is 197 g/mol. The molecule has 2 aliphatic rings. The highest BCUT2D eigenvalue weighted by Gasteiger charge is 2.39. The van der Waals surface area contributed by atoms with Gasteiger partial charge < -0.3 is 10.1 Å². The molecule has 1 spiro atoms. The maximum atomic E-state index is 5.59. The number of piperidine rings is 1. The molecule has 2 aliphatic heterocycles. The normalized spacial score (nSPS) is 39.6. The Kier molecular flexibility index (Phi) is 3.45. The van der Waals surface area contributed by atoms with Gasteiger partial charge in [0, 0.05) is 13.2 Å². The molecule has 0 aliphatic carbocycles. The zero-order chi connectivity index (χ0) is 9.86. The van der Waals surface area contributed by atoms with Gasteiger partial charge in [-0.2, -0.15) is 0 Å². The Morgan fingerprint density at radius 1 is 1.29 bits per heavy atom. The molecule has 0 radical (unpaired) electrons. The molecule has 0 bridgehead atoms. The second-order valence-corrected chi connectivity index (χ2v) is 4.89. The summed E-state index contributed by atoms with van der Waals surface area (Å²) in [6.07, 6.45) is 6.67. The Labute approximate surface area is 87.4 Å². The summed E-state index contributed by atoms with van der Waals surface area (Å²) in [6, 6.07) is 0. The quantitative estimate of drug-likeness (QED) is 0.696. The molecule has 2 saturated heterocycles. The van der Waals surface area contributed by atoms with Gasteiger partial charge >= 0.3 is 0 Å². The van der Waals surface area contributed by atoms with E-state index in [9.17, 15) is 0 Å². The molecule has 0 aromatic rings. The first-order valence-electron chi connectivity index (χ1n) is 6.16. The zero-order valence-electron chi connectivity index (χ0n) is 9.35. The first kappa shape index (κ1) is 10.4. The van der Waals surface area contributed by atoms with Crippen molar-refractivity contribution < 1.29 is 4.74 Å². The Morgan fingerprint density at radius 3 is 3.07 bits per heavy atom. The topological polar surface area (TPSA) is 21.3 Å². The highest BCUT2D eigenvalue weighted by Crippen LogP contribution is 2.44. The van der Waals surface area contributed by atoms with Crippen molar-refractivity contribution in [3.8, 4) is 0 Å². The summed E-state index contributed by atoms with van der Waals surface area (Å²) in [5.41, 5.74) is 0.622. The van der Waals surface area contributed by atoms with Crippen LogP contribution in [0.3, 0.4) is 0 Å². The van der Waals surface area contributed by atoms with Crippen LogP contribution >= 0.6 is 0 Å². The van der Waals surface area contributed by atoms with Gasteiger partial charge in [-0.25, -0.2) is 0 Å². The predicted molar refractivity (Wildman–Crippen MR) is 58.4 cm³/mol. The van der Waals surface area contributed by atoms with Crippen LogP contribution in [0.15, 0.2) is 0 Å². The minimum atomic E-state index is 0.622. The van der Waals surface area contributed by atoms with Crippen LogP contribution < -0.4 is 5.32 Å². The number of nitrogens with one attached hydrogen (secondary N) is 1. The minimum Gasteiger partial charge on any atom is -0.381 e. The third-order valence-corrected chi connectivity index (χ3v) is 4.26. The second-order valence-electron chi connectivity index (χ2n) is 4.89. The molecule has 0 saturated carbocycles. The van der Waals surface area contributed by atoms with Crippen LogP contribution in [0.4, 0.5) is 0 Å². The van der Waals surface area contributed by atoms with Crippen molar-refractivity contribution in [2.45, 2.75) is 39.0 Å². The Morgan fingerprint density at radius 2 is 2.21 bits per heavy atom. The van der Waals surface area contributed by atoms with E-state index in [0.717, 1.165) is 19.1 Å². The van der Waals surface area contributed by atoms with Crippen LogP contribution in [0.1, 0.15) is 39.0 Å². The van der Waals surface area contributed by atoms with Crippen molar-refractivity contribution in [3.05, 3.63) is 0 Å². The molecule has 2 heterocycles. The van der Waals surface area contributed by atoms with Crippen molar-refractivity contribution in [1.82, 2.24) is 5.32 Å². The molecule has 0 amide bonds. The van der Waals surface area contributed by atoms with Crippen molar-refractivity contribution in [1.29, 1.82) is 0 Å². The standard InChI is InChI=1S/C12H23NO/c1-2-11-10-13-7-5-12(11)4-3-8-14-9-6-12/h11,13H,2-10H2,1H3. The Bertz CT molecular complexity index is 173. The Hall–Kier alpha value is -0.0800. The largest absolute Gasteiger partial charge is 0.381 e. The van der Waals surface area contributed by atoms with Gasteiger partial charge in [0.2, 0.25) is 0 Å². The van der Waals surface area contributed by atoms with Crippen molar-refractivity contribution >= 4 is 0 Å². The van der Waals surface area contributed by atoms with Gasteiger partial charge in [0.25, 0.3) is 0 Å². The zero-order valence-corrected chi connectivity index (χ0v) is 9.35. The molecule has 1 N–H and O–H groups in total. The molecule has 2 fully saturated rings. The molecule has 2 unspecified atom stereocenters. The van der Waals surface area contributed by atoms with Crippen LogP contribution in [0.2, 0.25) is 0 Å².